The van der Waals surface area contributed by atoms with Gasteiger partial charge in [0.15, 0.2) is 0 Å². The first-order valence-electron chi connectivity index (χ1n) is 7.57. The van der Waals surface area contributed by atoms with Crippen LogP contribution >= 0.6 is 12.6 Å². The van der Waals surface area contributed by atoms with Gasteiger partial charge in [0.2, 0.25) is 0 Å². The lowest BCUT2D eigenvalue weighted by Crippen LogP contribution is -2.25. The predicted molar refractivity (Wildman–Crippen MR) is 99.9 cm³/mol. The zero-order valence-electron chi connectivity index (χ0n) is 14.0. The molecule has 22 heavy (non-hydrogen) atoms. The summed E-state index contributed by atoms with van der Waals surface area (Å²) in [6.07, 6.45) is 7.22. The van der Waals surface area contributed by atoms with Crippen molar-refractivity contribution in [2.24, 2.45) is 4.99 Å². The Morgan fingerprint density at radius 1 is 1.14 bits per heavy atom. The number of likely N-dealkylation sites (N-methyl/N-ethyl adjacent to an activating group) is 1. The second-order valence-corrected chi connectivity index (χ2v) is 6.52. The lowest BCUT2D eigenvalue weighted by Gasteiger charge is -2.24. The summed E-state index contributed by atoms with van der Waals surface area (Å²) < 4.78 is 0. The third-order valence-corrected chi connectivity index (χ3v) is 4.25. The molecule has 0 N–H and O–H groups in total. The molecule has 2 rings (SSSR count). The molecule has 0 saturated carbocycles. The van der Waals surface area contributed by atoms with Crippen LogP contribution in [0.3, 0.4) is 0 Å². The van der Waals surface area contributed by atoms with E-state index in [0.717, 1.165) is 28.4 Å². The van der Waals surface area contributed by atoms with Crippen LogP contribution in [0.25, 0.3) is 0 Å². The molecule has 0 amide bonds. The van der Waals surface area contributed by atoms with Crippen LogP contribution in [-0.4, -0.2) is 37.8 Å². The van der Waals surface area contributed by atoms with E-state index in [1.807, 2.05) is 20.2 Å². The summed E-state index contributed by atoms with van der Waals surface area (Å²) in [4.78, 5) is 9.97. The second kappa shape index (κ2) is 7.05. The minimum atomic E-state index is 0.459. The third kappa shape index (κ3) is 3.95. The summed E-state index contributed by atoms with van der Waals surface area (Å²) in [7, 11) is 6.19. The Labute approximate surface area is 139 Å². The van der Waals surface area contributed by atoms with Gasteiger partial charge < -0.3 is 9.80 Å². The van der Waals surface area contributed by atoms with Crippen LogP contribution < -0.4 is 4.90 Å². The summed E-state index contributed by atoms with van der Waals surface area (Å²) in [5, 5.41) is 0. The Hall–Kier alpha value is -1.68. The number of aliphatic imine (C=N–C) groups is 1. The Morgan fingerprint density at radius 3 is 2.36 bits per heavy atom. The summed E-state index contributed by atoms with van der Waals surface area (Å²) in [5.74, 6) is 0. The van der Waals surface area contributed by atoms with Crippen LogP contribution in [0.2, 0.25) is 0 Å². The molecule has 1 aromatic rings. The van der Waals surface area contributed by atoms with Gasteiger partial charge in [-0.25, -0.2) is 0 Å². The molecule has 0 atom stereocenters. The zero-order valence-corrected chi connectivity index (χ0v) is 14.9. The van der Waals surface area contributed by atoms with Gasteiger partial charge >= 0.3 is 0 Å². The van der Waals surface area contributed by atoms with E-state index in [1.165, 1.54) is 5.70 Å². The van der Waals surface area contributed by atoms with E-state index >= 15 is 0 Å². The first-order valence-corrected chi connectivity index (χ1v) is 8.02. The minimum Gasteiger partial charge on any atom is -0.378 e. The van der Waals surface area contributed by atoms with E-state index in [-0.39, 0.29) is 0 Å². The van der Waals surface area contributed by atoms with Gasteiger partial charge in [-0.3, -0.25) is 4.99 Å². The van der Waals surface area contributed by atoms with Crippen LogP contribution in [0.4, 0.5) is 11.4 Å². The highest BCUT2D eigenvalue weighted by molar-refractivity contribution is 7.80. The van der Waals surface area contributed by atoms with Crippen molar-refractivity contribution >= 4 is 29.7 Å². The highest BCUT2D eigenvalue weighted by Gasteiger charge is 2.09. The fourth-order valence-electron chi connectivity index (χ4n) is 2.22. The Bertz CT molecular complexity index is 627. The average Bonchev–Trinajstić information content (AvgIpc) is 2.49. The Kier molecular flexibility index (Phi) is 5.35. The van der Waals surface area contributed by atoms with Crippen LogP contribution in [0, 0.1) is 0 Å². The van der Waals surface area contributed by atoms with Gasteiger partial charge in [-0.2, -0.15) is 0 Å². The van der Waals surface area contributed by atoms with E-state index in [0.29, 0.717) is 6.04 Å². The van der Waals surface area contributed by atoms with Gasteiger partial charge in [0.1, 0.15) is 0 Å². The van der Waals surface area contributed by atoms with Crippen LogP contribution in [-0.2, 0) is 0 Å². The molecule has 1 aromatic carbocycles. The number of allylic oxidation sites excluding steroid dienone is 3. The molecule has 1 aliphatic carbocycles. The lowest BCUT2D eigenvalue weighted by molar-refractivity contribution is 0.527. The number of nitrogens with zero attached hydrogens (tertiary/aromatic N) is 3. The molecule has 4 heteroatoms. The van der Waals surface area contributed by atoms with Crippen molar-refractivity contribution < 1.29 is 0 Å². The molecule has 0 bridgehead atoms. The SMILES string of the molecule is CC(C)N(C)c1ccc(N=C2C=CC(N(C)C)=CC2)c(S)c1. The molecule has 0 aromatic heterocycles. The number of benzene rings is 1. The molecule has 0 fully saturated rings. The predicted octanol–water partition coefficient (Wildman–Crippen LogP) is 4.30. The average molecular weight is 315 g/mol. The molecule has 0 spiro atoms. The van der Waals surface area contributed by atoms with Crippen molar-refractivity contribution in [1.82, 2.24) is 4.90 Å². The number of thiol groups is 1. The highest BCUT2D eigenvalue weighted by atomic mass is 32.1. The number of hydrogen-bond donors (Lipinski definition) is 1. The molecule has 1 aliphatic rings. The standard InChI is InChI=1S/C18H25N3S/c1-13(2)21(5)16-10-11-17(18(22)12-16)19-14-6-8-15(9-7-14)20(3)4/h6,8-13,22H,7H2,1-5H3. The molecule has 0 saturated heterocycles. The van der Waals surface area contributed by atoms with E-state index in [1.54, 1.807) is 0 Å². The summed E-state index contributed by atoms with van der Waals surface area (Å²) in [6.45, 7) is 4.35. The highest BCUT2D eigenvalue weighted by Crippen LogP contribution is 2.29. The summed E-state index contributed by atoms with van der Waals surface area (Å²) in [5.41, 5.74) is 4.37. The van der Waals surface area contributed by atoms with Crippen molar-refractivity contribution in [3.05, 3.63) is 42.1 Å². The zero-order chi connectivity index (χ0) is 16.3. The van der Waals surface area contributed by atoms with E-state index in [4.69, 9.17) is 4.99 Å². The first kappa shape index (κ1) is 16.7. The van der Waals surface area contributed by atoms with Crippen molar-refractivity contribution in [3.8, 4) is 0 Å². The molecular formula is C18H25N3S. The molecular weight excluding hydrogens is 290 g/mol. The topological polar surface area (TPSA) is 18.8 Å². The van der Waals surface area contributed by atoms with Crippen molar-refractivity contribution in [2.45, 2.75) is 31.2 Å². The maximum absolute atomic E-state index is 4.73. The van der Waals surface area contributed by atoms with Crippen molar-refractivity contribution in [3.63, 3.8) is 0 Å². The van der Waals surface area contributed by atoms with Gasteiger partial charge in [-0.1, -0.05) is 6.08 Å². The lowest BCUT2D eigenvalue weighted by atomic mass is 10.1. The van der Waals surface area contributed by atoms with Crippen molar-refractivity contribution in [1.29, 1.82) is 0 Å². The maximum Gasteiger partial charge on any atom is 0.0767 e. The fraction of sp³-hybridized carbons (Fsp3) is 0.389. The summed E-state index contributed by atoms with van der Waals surface area (Å²) >= 11 is 4.60. The normalized spacial score (nSPS) is 16.1. The van der Waals surface area contributed by atoms with Gasteiger partial charge in [-0.05, 0) is 44.2 Å². The van der Waals surface area contributed by atoms with Gasteiger partial charge in [0.05, 0.1) is 5.69 Å². The first-order chi connectivity index (χ1) is 10.4. The number of anilines is 1. The molecule has 0 radical (unpaired) electrons. The molecule has 3 nitrogen and oxygen atoms in total. The van der Waals surface area contributed by atoms with Crippen LogP contribution in [0.5, 0.6) is 0 Å². The second-order valence-electron chi connectivity index (χ2n) is 6.04. The van der Waals surface area contributed by atoms with Gasteiger partial charge in [0.25, 0.3) is 0 Å². The van der Waals surface area contributed by atoms with Gasteiger partial charge in [-0.15, -0.1) is 12.6 Å². The largest absolute Gasteiger partial charge is 0.378 e. The van der Waals surface area contributed by atoms with Crippen molar-refractivity contribution in [2.75, 3.05) is 26.0 Å². The van der Waals surface area contributed by atoms with Crippen LogP contribution in [0.15, 0.2) is 52.0 Å². The molecule has 0 heterocycles. The van der Waals surface area contributed by atoms with E-state index in [2.05, 4.69) is 73.7 Å². The van der Waals surface area contributed by atoms with Gasteiger partial charge in [0, 0.05) is 55.6 Å². The smallest absolute Gasteiger partial charge is 0.0767 e. The summed E-state index contributed by atoms with van der Waals surface area (Å²) in [6, 6.07) is 6.69. The van der Waals surface area contributed by atoms with E-state index in [9.17, 15) is 0 Å². The Morgan fingerprint density at radius 2 is 1.86 bits per heavy atom. The Balaban J connectivity index is 2.18. The molecule has 0 aliphatic heterocycles. The molecule has 118 valence electrons. The quantitative estimate of drug-likeness (QED) is 0.835. The number of hydrogen-bond acceptors (Lipinski definition) is 4. The third-order valence-electron chi connectivity index (χ3n) is 3.89. The molecule has 0 unspecified atom stereocenters. The van der Waals surface area contributed by atoms with E-state index < -0.39 is 0 Å². The van der Waals surface area contributed by atoms with Crippen LogP contribution in [0.1, 0.15) is 20.3 Å². The fourth-order valence-corrected chi connectivity index (χ4v) is 2.48. The minimum absolute atomic E-state index is 0.459. The maximum atomic E-state index is 4.73. The monoisotopic (exact) mass is 315 g/mol. The number of rotatable bonds is 4.